The molecule has 122 valence electrons. The lowest BCUT2D eigenvalue weighted by Crippen LogP contribution is -2.58. The number of fused-ring (bicyclic) bond motifs is 3. The third-order valence-corrected chi connectivity index (χ3v) is 5.08. The number of anilines is 2. The van der Waals surface area contributed by atoms with Gasteiger partial charge in [-0.2, -0.15) is 5.10 Å². The Hall–Kier alpha value is -2.21. The molecular weight excluding hydrogens is 290 g/mol. The van der Waals surface area contributed by atoms with Gasteiger partial charge in [0.05, 0.1) is 25.0 Å². The molecule has 3 heterocycles. The second-order valence-corrected chi connectivity index (χ2v) is 6.56. The average Bonchev–Trinajstić information content (AvgIpc) is 2.79. The molecule has 2 aliphatic heterocycles. The summed E-state index contributed by atoms with van der Waals surface area (Å²) in [6.07, 6.45) is 2.94. The summed E-state index contributed by atoms with van der Waals surface area (Å²) in [5.74, 6) is 0.744. The summed E-state index contributed by atoms with van der Waals surface area (Å²) in [4.78, 5) is 4.86. The number of hydrogen-bond donors (Lipinski definition) is 1. The number of likely N-dealkylation sites (N-methyl/N-ethyl adjacent to an activating group) is 1. The van der Waals surface area contributed by atoms with Gasteiger partial charge < -0.3 is 20.3 Å². The van der Waals surface area contributed by atoms with E-state index in [0.717, 1.165) is 31.8 Å². The molecule has 1 saturated heterocycles. The Kier molecular flexibility index (Phi) is 3.23. The predicted octanol–water partition coefficient (Wildman–Crippen LogP) is 1.35. The summed E-state index contributed by atoms with van der Waals surface area (Å²) in [6.45, 7) is 3.19. The van der Waals surface area contributed by atoms with Gasteiger partial charge in [0, 0.05) is 61.7 Å². The fourth-order valence-electron chi connectivity index (χ4n) is 3.79. The molecule has 0 bridgehead atoms. The first-order valence-electron chi connectivity index (χ1n) is 8.02. The largest absolute Gasteiger partial charge is 0.495 e. The highest BCUT2D eigenvalue weighted by Crippen LogP contribution is 2.42. The number of nitrogens with zero attached hydrogens (tertiary/aromatic N) is 4. The van der Waals surface area contributed by atoms with E-state index < -0.39 is 0 Å². The average molecular weight is 313 g/mol. The van der Waals surface area contributed by atoms with Gasteiger partial charge in [-0.25, -0.2) is 0 Å². The van der Waals surface area contributed by atoms with Crippen LogP contribution < -0.4 is 15.4 Å². The minimum Gasteiger partial charge on any atom is -0.495 e. The highest BCUT2D eigenvalue weighted by Gasteiger charge is 2.33. The predicted molar refractivity (Wildman–Crippen MR) is 91.9 cm³/mol. The zero-order valence-corrected chi connectivity index (χ0v) is 13.9. The van der Waals surface area contributed by atoms with Crippen LogP contribution in [-0.4, -0.2) is 54.5 Å². The van der Waals surface area contributed by atoms with Gasteiger partial charge in [-0.3, -0.25) is 4.68 Å². The number of methoxy groups -OCH3 is 1. The number of rotatable bonds is 2. The standard InChI is InChI=1S/C17H23N5O/c1-20-9-11(10-20)22-5-4-15-13(8-19-21(15)2)12-6-14(18)17(23-3)7-16(12)22/h6-8,11H,4-5,9-10,18H2,1-3H3. The second-order valence-electron chi connectivity index (χ2n) is 6.56. The number of nitrogen functional groups attached to an aromatic ring is 1. The van der Waals surface area contributed by atoms with Crippen LogP contribution in [-0.2, 0) is 13.5 Å². The summed E-state index contributed by atoms with van der Waals surface area (Å²) in [5.41, 5.74) is 11.7. The van der Waals surface area contributed by atoms with E-state index >= 15 is 0 Å². The van der Waals surface area contributed by atoms with Crippen LogP contribution in [0.15, 0.2) is 18.3 Å². The molecule has 1 aromatic heterocycles. The van der Waals surface area contributed by atoms with Crippen molar-refractivity contribution in [2.45, 2.75) is 12.5 Å². The van der Waals surface area contributed by atoms with Crippen molar-refractivity contribution in [1.82, 2.24) is 14.7 Å². The van der Waals surface area contributed by atoms with E-state index in [1.807, 2.05) is 24.0 Å². The first-order valence-corrected chi connectivity index (χ1v) is 8.02. The van der Waals surface area contributed by atoms with Gasteiger partial charge in [0.25, 0.3) is 0 Å². The van der Waals surface area contributed by atoms with Gasteiger partial charge in [0.2, 0.25) is 0 Å². The first kappa shape index (κ1) is 14.4. The van der Waals surface area contributed by atoms with Gasteiger partial charge in [-0.15, -0.1) is 0 Å². The van der Waals surface area contributed by atoms with Crippen molar-refractivity contribution >= 4 is 11.4 Å². The van der Waals surface area contributed by atoms with Gasteiger partial charge in [0.15, 0.2) is 0 Å². The summed E-state index contributed by atoms with van der Waals surface area (Å²) in [7, 11) is 5.85. The molecular formula is C17H23N5O. The Bertz CT molecular complexity index is 748. The number of aryl methyl sites for hydroxylation is 1. The van der Waals surface area contributed by atoms with Crippen LogP contribution in [0.25, 0.3) is 11.1 Å². The number of aromatic nitrogens is 2. The van der Waals surface area contributed by atoms with Crippen molar-refractivity contribution in [3.05, 3.63) is 24.0 Å². The molecule has 0 radical (unpaired) electrons. The molecule has 2 N–H and O–H groups in total. The van der Waals surface area contributed by atoms with Crippen LogP contribution in [0.5, 0.6) is 5.75 Å². The maximum absolute atomic E-state index is 6.18. The lowest BCUT2D eigenvalue weighted by atomic mass is 10.0. The molecule has 23 heavy (non-hydrogen) atoms. The number of ether oxygens (including phenoxy) is 1. The van der Waals surface area contributed by atoms with Crippen molar-refractivity contribution in [2.75, 3.05) is 44.4 Å². The van der Waals surface area contributed by atoms with Crippen molar-refractivity contribution in [3.63, 3.8) is 0 Å². The maximum Gasteiger partial charge on any atom is 0.143 e. The van der Waals surface area contributed by atoms with Crippen molar-refractivity contribution in [1.29, 1.82) is 0 Å². The summed E-state index contributed by atoms with van der Waals surface area (Å²) >= 11 is 0. The summed E-state index contributed by atoms with van der Waals surface area (Å²) < 4.78 is 7.45. The van der Waals surface area contributed by atoms with E-state index in [9.17, 15) is 0 Å². The highest BCUT2D eigenvalue weighted by atomic mass is 16.5. The quantitative estimate of drug-likeness (QED) is 0.848. The number of hydrogen-bond acceptors (Lipinski definition) is 5. The fraction of sp³-hybridized carbons (Fsp3) is 0.471. The van der Waals surface area contributed by atoms with Gasteiger partial charge in [0.1, 0.15) is 5.75 Å². The Labute approximate surface area is 136 Å². The third-order valence-electron chi connectivity index (χ3n) is 5.08. The molecule has 1 aromatic carbocycles. The van der Waals surface area contributed by atoms with Gasteiger partial charge in [-0.1, -0.05) is 0 Å². The molecule has 2 aliphatic rings. The van der Waals surface area contributed by atoms with Crippen LogP contribution in [0.2, 0.25) is 0 Å². The smallest absolute Gasteiger partial charge is 0.143 e. The highest BCUT2D eigenvalue weighted by molar-refractivity contribution is 5.86. The minimum absolute atomic E-state index is 0.550. The molecule has 6 heteroatoms. The van der Waals surface area contributed by atoms with Gasteiger partial charge >= 0.3 is 0 Å². The molecule has 0 aliphatic carbocycles. The van der Waals surface area contributed by atoms with Crippen LogP contribution in [0, 0.1) is 0 Å². The molecule has 6 nitrogen and oxygen atoms in total. The van der Waals surface area contributed by atoms with E-state index in [0.29, 0.717) is 11.7 Å². The lowest BCUT2D eigenvalue weighted by molar-refractivity contribution is 0.183. The zero-order chi connectivity index (χ0) is 16.1. The monoisotopic (exact) mass is 313 g/mol. The Morgan fingerprint density at radius 3 is 2.70 bits per heavy atom. The third kappa shape index (κ3) is 2.16. The van der Waals surface area contributed by atoms with E-state index in [-0.39, 0.29) is 0 Å². The molecule has 0 atom stereocenters. The minimum atomic E-state index is 0.550. The Morgan fingerprint density at radius 1 is 1.22 bits per heavy atom. The van der Waals surface area contributed by atoms with Crippen molar-refractivity contribution in [3.8, 4) is 16.9 Å². The Morgan fingerprint density at radius 2 is 2.00 bits per heavy atom. The van der Waals surface area contributed by atoms with Crippen LogP contribution in [0.1, 0.15) is 5.69 Å². The van der Waals surface area contributed by atoms with Gasteiger partial charge in [-0.05, 0) is 13.1 Å². The normalized spacial score (nSPS) is 18.1. The topological polar surface area (TPSA) is 59.6 Å². The zero-order valence-electron chi connectivity index (χ0n) is 13.9. The van der Waals surface area contributed by atoms with Crippen LogP contribution in [0.4, 0.5) is 11.4 Å². The second kappa shape index (κ2) is 5.16. The molecule has 0 spiro atoms. The fourth-order valence-corrected chi connectivity index (χ4v) is 3.79. The summed E-state index contributed by atoms with van der Waals surface area (Å²) in [6, 6.07) is 4.68. The van der Waals surface area contributed by atoms with Crippen LogP contribution in [0.3, 0.4) is 0 Å². The molecule has 0 amide bonds. The van der Waals surface area contributed by atoms with Crippen molar-refractivity contribution in [2.24, 2.45) is 7.05 Å². The van der Waals surface area contributed by atoms with E-state index in [1.54, 1.807) is 7.11 Å². The Balaban J connectivity index is 1.87. The van der Waals surface area contributed by atoms with E-state index in [2.05, 4.69) is 28.0 Å². The molecule has 2 aromatic rings. The molecule has 1 fully saturated rings. The molecule has 0 unspecified atom stereocenters. The lowest BCUT2D eigenvalue weighted by Gasteiger charge is -2.45. The number of likely N-dealkylation sites (tertiary alicyclic amines) is 1. The van der Waals surface area contributed by atoms with E-state index in [4.69, 9.17) is 10.5 Å². The first-order chi connectivity index (χ1) is 11.1. The number of benzene rings is 1. The SMILES string of the molecule is COc1cc2c(cc1N)-c1cnn(C)c1CCN2C1CN(C)C1. The summed E-state index contributed by atoms with van der Waals surface area (Å²) in [5, 5.41) is 4.44. The van der Waals surface area contributed by atoms with Crippen molar-refractivity contribution < 1.29 is 4.74 Å². The molecule has 0 saturated carbocycles. The van der Waals surface area contributed by atoms with E-state index in [1.165, 1.54) is 22.5 Å². The number of nitrogens with two attached hydrogens (primary N) is 1. The van der Waals surface area contributed by atoms with Crippen LogP contribution >= 0.6 is 0 Å². The molecule has 4 rings (SSSR count). The maximum atomic E-state index is 6.18.